The molecule has 0 atom stereocenters. The van der Waals surface area contributed by atoms with Gasteiger partial charge in [0.05, 0.1) is 16.2 Å². The highest BCUT2D eigenvalue weighted by molar-refractivity contribution is 7.89. The summed E-state index contributed by atoms with van der Waals surface area (Å²) in [6.45, 7) is 2.12. The standard InChI is InChI=1S/C16H18F3N3O2S2/c17-16(18,19)12-3-5-14(6-4-12)26(23,24)20-8-7-13-11-25-15(21-13)22-9-1-2-10-22/h3-6,11,20H,1-2,7-10H2. The summed E-state index contributed by atoms with van der Waals surface area (Å²) in [5.74, 6) is 0. The van der Waals surface area contributed by atoms with Crippen molar-refractivity contribution in [2.24, 2.45) is 0 Å². The van der Waals surface area contributed by atoms with E-state index in [0.717, 1.165) is 61.0 Å². The Morgan fingerprint density at radius 2 is 1.81 bits per heavy atom. The summed E-state index contributed by atoms with van der Waals surface area (Å²) < 4.78 is 64.4. The molecule has 1 fully saturated rings. The molecule has 0 radical (unpaired) electrons. The number of hydrogen-bond donors (Lipinski definition) is 1. The second-order valence-electron chi connectivity index (χ2n) is 5.99. The first-order valence-corrected chi connectivity index (χ1v) is 10.5. The molecule has 1 aliphatic rings. The van der Waals surface area contributed by atoms with E-state index in [4.69, 9.17) is 0 Å². The summed E-state index contributed by atoms with van der Waals surface area (Å²) in [6, 6.07) is 3.44. The minimum atomic E-state index is -4.49. The van der Waals surface area contributed by atoms with Crippen LogP contribution in [0.4, 0.5) is 18.3 Å². The molecular formula is C16H18F3N3O2S2. The average Bonchev–Trinajstić information content (AvgIpc) is 3.25. The van der Waals surface area contributed by atoms with Gasteiger partial charge in [0, 0.05) is 31.4 Å². The molecule has 0 spiro atoms. The normalized spacial score (nSPS) is 15.6. The molecule has 26 heavy (non-hydrogen) atoms. The topological polar surface area (TPSA) is 62.3 Å². The Hall–Kier alpha value is -1.65. The van der Waals surface area contributed by atoms with Crippen molar-refractivity contribution in [3.8, 4) is 0 Å². The Morgan fingerprint density at radius 3 is 2.42 bits per heavy atom. The molecule has 5 nitrogen and oxygen atoms in total. The molecule has 142 valence electrons. The summed E-state index contributed by atoms with van der Waals surface area (Å²) in [5.41, 5.74) is -0.0830. The van der Waals surface area contributed by atoms with Crippen LogP contribution in [-0.2, 0) is 22.6 Å². The number of hydrogen-bond acceptors (Lipinski definition) is 5. The number of anilines is 1. The molecule has 1 aliphatic heterocycles. The van der Waals surface area contributed by atoms with Crippen molar-refractivity contribution in [1.29, 1.82) is 0 Å². The first-order valence-electron chi connectivity index (χ1n) is 8.12. The van der Waals surface area contributed by atoms with Gasteiger partial charge in [-0.2, -0.15) is 13.2 Å². The summed E-state index contributed by atoms with van der Waals surface area (Å²) in [5, 5.41) is 2.85. The Morgan fingerprint density at radius 1 is 1.15 bits per heavy atom. The molecule has 2 aromatic rings. The monoisotopic (exact) mass is 405 g/mol. The number of sulfonamides is 1. The minimum Gasteiger partial charge on any atom is -0.348 e. The molecule has 0 bridgehead atoms. The van der Waals surface area contributed by atoms with Crippen LogP contribution in [0.25, 0.3) is 0 Å². The molecular weight excluding hydrogens is 387 g/mol. The maximum Gasteiger partial charge on any atom is 0.416 e. The van der Waals surface area contributed by atoms with Crippen LogP contribution in [0.15, 0.2) is 34.5 Å². The lowest BCUT2D eigenvalue weighted by atomic mass is 10.2. The van der Waals surface area contributed by atoms with Gasteiger partial charge in [-0.05, 0) is 37.1 Å². The first kappa shape index (κ1) is 19.1. The van der Waals surface area contributed by atoms with Gasteiger partial charge in [-0.3, -0.25) is 0 Å². The van der Waals surface area contributed by atoms with Crippen molar-refractivity contribution < 1.29 is 21.6 Å². The largest absolute Gasteiger partial charge is 0.416 e. The Labute approximate surface area is 153 Å². The Bertz CT molecular complexity index is 842. The zero-order valence-electron chi connectivity index (χ0n) is 13.8. The molecule has 1 N–H and O–H groups in total. The van der Waals surface area contributed by atoms with Gasteiger partial charge in [0.25, 0.3) is 0 Å². The van der Waals surface area contributed by atoms with Crippen LogP contribution >= 0.6 is 11.3 Å². The molecule has 0 unspecified atom stereocenters. The number of halogens is 3. The SMILES string of the molecule is O=S(=O)(NCCc1csc(N2CCCC2)n1)c1ccc(C(F)(F)F)cc1. The van der Waals surface area contributed by atoms with Gasteiger partial charge in [0.15, 0.2) is 5.13 Å². The number of alkyl halides is 3. The van der Waals surface area contributed by atoms with Gasteiger partial charge in [0.1, 0.15) is 0 Å². The maximum atomic E-state index is 12.5. The van der Waals surface area contributed by atoms with Crippen molar-refractivity contribution in [1.82, 2.24) is 9.71 Å². The first-order chi connectivity index (χ1) is 12.3. The molecule has 0 amide bonds. The van der Waals surface area contributed by atoms with E-state index in [1.165, 1.54) is 11.3 Å². The van der Waals surface area contributed by atoms with E-state index in [-0.39, 0.29) is 11.4 Å². The number of thiazole rings is 1. The lowest BCUT2D eigenvalue weighted by Crippen LogP contribution is -2.26. The van der Waals surface area contributed by atoms with E-state index in [0.29, 0.717) is 6.42 Å². The zero-order valence-corrected chi connectivity index (χ0v) is 15.4. The van der Waals surface area contributed by atoms with E-state index < -0.39 is 21.8 Å². The summed E-state index contributed by atoms with van der Waals surface area (Å²) >= 11 is 1.54. The van der Waals surface area contributed by atoms with E-state index in [9.17, 15) is 21.6 Å². The molecule has 0 aliphatic carbocycles. The molecule has 3 rings (SSSR count). The van der Waals surface area contributed by atoms with Crippen LogP contribution in [0, 0.1) is 0 Å². The highest BCUT2D eigenvalue weighted by Gasteiger charge is 2.30. The second-order valence-corrected chi connectivity index (χ2v) is 8.59. The van der Waals surface area contributed by atoms with Gasteiger partial charge in [-0.25, -0.2) is 18.1 Å². The lowest BCUT2D eigenvalue weighted by molar-refractivity contribution is -0.137. The number of nitrogens with one attached hydrogen (secondary N) is 1. The third-order valence-corrected chi connectivity index (χ3v) is 6.51. The maximum absolute atomic E-state index is 12.5. The average molecular weight is 405 g/mol. The van der Waals surface area contributed by atoms with E-state index in [1.54, 1.807) is 0 Å². The van der Waals surface area contributed by atoms with Gasteiger partial charge in [-0.1, -0.05) is 0 Å². The van der Waals surface area contributed by atoms with Gasteiger partial charge >= 0.3 is 6.18 Å². The zero-order chi connectivity index (χ0) is 18.8. The summed E-state index contributed by atoms with van der Waals surface area (Å²) in [7, 11) is -3.85. The van der Waals surface area contributed by atoms with Crippen molar-refractivity contribution >= 4 is 26.5 Å². The van der Waals surface area contributed by atoms with Gasteiger partial charge < -0.3 is 4.90 Å². The fourth-order valence-electron chi connectivity index (χ4n) is 2.68. The molecule has 1 aromatic heterocycles. The lowest BCUT2D eigenvalue weighted by Gasteiger charge is -2.12. The molecule has 10 heteroatoms. The Balaban J connectivity index is 1.56. The van der Waals surface area contributed by atoms with Crippen LogP contribution < -0.4 is 9.62 Å². The van der Waals surface area contributed by atoms with Crippen molar-refractivity contribution in [3.63, 3.8) is 0 Å². The summed E-state index contributed by atoms with van der Waals surface area (Å²) in [4.78, 5) is 6.52. The third kappa shape index (κ3) is 4.54. The van der Waals surface area contributed by atoms with Crippen molar-refractivity contribution in [2.75, 3.05) is 24.5 Å². The summed E-state index contributed by atoms with van der Waals surface area (Å²) in [6.07, 6.45) is -1.76. The molecule has 1 saturated heterocycles. The number of rotatable bonds is 6. The van der Waals surface area contributed by atoms with E-state index in [2.05, 4.69) is 14.6 Å². The van der Waals surface area contributed by atoms with E-state index >= 15 is 0 Å². The molecule has 0 saturated carbocycles. The predicted octanol–water partition coefficient (Wildman–Crippen LogP) is 3.28. The third-order valence-electron chi connectivity index (χ3n) is 4.08. The quantitative estimate of drug-likeness (QED) is 0.801. The van der Waals surface area contributed by atoms with Crippen molar-refractivity contribution in [3.05, 3.63) is 40.9 Å². The number of benzene rings is 1. The van der Waals surface area contributed by atoms with Crippen LogP contribution in [0.3, 0.4) is 0 Å². The van der Waals surface area contributed by atoms with Gasteiger partial charge in [0.2, 0.25) is 10.0 Å². The van der Waals surface area contributed by atoms with Crippen LogP contribution in [-0.4, -0.2) is 33.0 Å². The van der Waals surface area contributed by atoms with E-state index in [1.807, 2.05) is 5.38 Å². The van der Waals surface area contributed by atoms with Crippen LogP contribution in [0.1, 0.15) is 24.1 Å². The number of aromatic nitrogens is 1. The minimum absolute atomic E-state index is 0.131. The predicted molar refractivity (Wildman–Crippen MR) is 93.9 cm³/mol. The van der Waals surface area contributed by atoms with Crippen molar-refractivity contribution in [2.45, 2.75) is 30.3 Å². The highest BCUT2D eigenvalue weighted by Crippen LogP contribution is 2.29. The van der Waals surface area contributed by atoms with Crippen LogP contribution in [0.2, 0.25) is 0 Å². The molecule has 1 aromatic carbocycles. The second kappa shape index (κ2) is 7.53. The molecule has 2 heterocycles. The fourth-order valence-corrected chi connectivity index (χ4v) is 4.63. The fraction of sp³-hybridized carbons (Fsp3) is 0.438. The Kier molecular flexibility index (Phi) is 5.54. The van der Waals surface area contributed by atoms with Gasteiger partial charge in [-0.15, -0.1) is 11.3 Å². The highest BCUT2D eigenvalue weighted by atomic mass is 32.2. The number of nitrogens with zero attached hydrogens (tertiary/aromatic N) is 2. The van der Waals surface area contributed by atoms with Crippen LogP contribution in [0.5, 0.6) is 0 Å². The smallest absolute Gasteiger partial charge is 0.348 e.